The molecule has 0 bridgehead atoms. The molecular formula is C21H29NO3. The Morgan fingerprint density at radius 3 is 2.52 bits per heavy atom. The molecule has 0 aromatic heterocycles. The molecule has 1 aliphatic heterocycles. The molecule has 1 unspecified atom stereocenters. The summed E-state index contributed by atoms with van der Waals surface area (Å²) in [4.78, 5) is 14.5. The Hall–Kier alpha value is -1.55. The molecule has 2 aliphatic carbocycles. The van der Waals surface area contributed by atoms with Crippen molar-refractivity contribution in [2.75, 3.05) is 20.2 Å². The van der Waals surface area contributed by atoms with Crippen LogP contribution in [0.15, 0.2) is 24.3 Å². The van der Waals surface area contributed by atoms with Crippen molar-refractivity contribution in [3.8, 4) is 5.75 Å². The quantitative estimate of drug-likeness (QED) is 0.914. The van der Waals surface area contributed by atoms with Crippen molar-refractivity contribution in [3.63, 3.8) is 0 Å². The maximum absolute atomic E-state index is 12.5. The van der Waals surface area contributed by atoms with Gasteiger partial charge in [0.2, 0.25) is 5.91 Å². The molecule has 1 spiro atoms. The van der Waals surface area contributed by atoms with Gasteiger partial charge in [-0.2, -0.15) is 0 Å². The minimum atomic E-state index is -0.611. The molecule has 1 aromatic carbocycles. The van der Waals surface area contributed by atoms with Crippen LogP contribution in [0.25, 0.3) is 0 Å². The Bertz CT molecular complexity index is 638. The third kappa shape index (κ3) is 3.29. The summed E-state index contributed by atoms with van der Waals surface area (Å²) in [6.45, 7) is 3.70. The second-order valence-corrected chi connectivity index (χ2v) is 8.96. The molecule has 3 aliphatic rings. The highest BCUT2D eigenvalue weighted by Crippen LogP contribution is 2.50. The zero-order valence-corrected chi connectivity index (χ0v) is 15.3. The number of aliphatic hydroxyl groups is 1. The largest absolute Gasteiger partial charge is 0.497 e. The van der Waals surface area contributed by atoms with E-state index in [1.165, 1.54) is 24.8 Å². The predicted molar refractivity (Wildman–Crippen MR) is 96.4 cm³/mol. The Kier molecular flexibility index (Phi) is 4.06. The molecule has 4 heteroatoms. The first-order valence-corrected chi connectivity index (χ1v) is 9.52. The highest BCUT2D eigenvalue weighted by molar-refractivity contribution is 5.81. The van der Waals surface area contributed by atoms with Crippen molar-refractivity contribution in [2.24, 2.45) is 17.3 Å². The van der Waals surface area contributed by atoms with E-state index in [2.05, 4.69) is 12.1 Å². The van der Waals surface area contributed by atoms with Gasteiger partial charge < -0.3 is 14.7 Å². The summed E-state index contributed by atoms with van der Waals surface area (Å²) in [6.07, 6.45) is 6.16. The van der Waals surface area contributed by atoms with Gasteiger partial charge in [0.05, 0.1) is 12.7 Å². The fraction of sp³-hybridized carbons (Fsp3) is 0.667. The van der Waals surface area contributed by atoms with Crippen molar-refractivity contribution >= 4 is 5.91 Å². The zero-order chi connectivity index (χ0) is 17.7. The van der Waals surface area contributed by atoms with E-state index in [9.17, 15) is 9.90 Å². The molecule has 4 rings (SSSR count). The molecule has 3 fully saturated rings. The van der Waals surface area contributed by atoms with Gasteiger partial charge in [-0.3, -0.25) is 4.79 Å². The van der Waals surface area contributed by atoms with Crippen LogP contribution >= 0.6 is 0 Å². The van der Waals surface area contributed by atoms with Crippen molar-refractivity contribution in [3.05, 3.63) is 29.8 Å². The number of likely N-dealkylation sites (tertiary alicyclic amines) is 1. The first-order chi connectivity index (χ1) is 11.9. The third-order valence-corrected chi connectivity index (χ3v) is 6.57. The van der Waals surface area contributed by atoms with E-state index in [4.69, 9.17) is 4.74 Å². The molecule has 1 heterocycles. The number of rotatable bonds is 4. The van der Waals surface area contributed by atoms with Crippen LogP contribution in [0.1, 0.15) is 44.6 Å². The Balaban J connectivity index is 1.26. The average Bonchev–Trinajstić information content (AvgIpc) is 2.95. The van der Waals surface area contributed by atoms with Crippen molar-refractivity contribution < 1.29 is 14.6 Å². The molecule has 2 saturated carbocycles. The van der Waals surface area contributed by atoms with E-state index >= 15 is 0 Å². The van der Waals surface area contributed by atoms with Gasteiger partial charge in [0.25, 0.3) is 0 Å². The number of hydrogen-bond acceptors (Lipinski definition) is 3. The van der Waals surface area contributed by atoms with Crippen LogP contribution < -0.4 is 4.74 Å². The summed E-state index contributed by atoms with van der Waals surface area (Å²) in [5.74, 6) is 1.98. The van der Waals surface area contributed by atoms with Gasteiger partial charge in [0.1, 0.15) is 5.75 Å². The minimum Gasteiger partial charge on any atom is -0.497 e. The van der Waals surface area contributed by atoms with Gasteiger partial charge in [-0.25, -0.2) is 0 Å². The number of ether oxygens (including phenoxy) is 1. The number of hydrogen-bond donors (Lipinski definition) is 1. The first-order valence-electron chi connectivity index (χ1n) is 9.52. The lowest BCUT2D eigenvalue weighted by molar-refractivity contribution is -0.161. The van der Waals surface area contributed by atoms with Crippen molar-refractivity contribution in [1.29, 1.82) is 0 Å². The lowest BCUT2D eigenvalue weighted by Crippen LogP contribution is -2.61. The van der Waals surface area contributed by atoms with Crippen LogP contribution in [0.3, 0.4) is 0 Å². The summed E-state index contributed by atoms with van der Waals surface area (Å²) < 4.78 is 5.23. The smallest absolute Gasteiger partial charge is 0.225 e. The first kappa shape index (κ1) is 16.9. The molecule has 25 heavy (non-hydrogen) atoms. The minimum absolute atomic E-state index is 0.0591. The van der Waals surface area contributed by atoms with Crippen LogP contribution in [-0.4, -0.2) is 41.7 Å². The van der Waals surface area contributed by atoms with Crippen molar-refractivity contribution in [2.45, 2.75) is 51.0 Å². The van der Waals surface area contributed by atoms with E-state index in [0.717, 1.165) is 31.2 Å². The van der Waals surface area contributed by atoms with E-state index in [1.54, 1.807) is 7.11 Å². The number of methoxy groups -OCH3 is 1. The maximum Gasteiger partial charge on any atom is 0.225 e. The molecule has 1 aromatic rings. The lowest BCUT2D eigenvalue weighted by Gasteiger charge is -2.52. The second-order valence-electron chi connectivity index (χ2n) is 8.96. The summed E-state index contributed by atoms with van der Waals surface area (Å²) >= 11 is 0. The van der Waals surface area contributed by atoms with E-state index in [0.29, 0.717) is 18.3 Å². The summed E-state index contributed by atoms with van der Waals surface area (Å²) in [5, 5.41) is 9.84. The molecular weight excluding hydrogens is 314 g/mol. The number of amides is 1. The molecule has 4 nitrogen and oxygen atoms in total. The SMILES string of the molecule is COc1ccc(CC2CCC3(C2)CN(C(=O)[C@H]2C[C@@](C)(O)C2)C3)cc1. The number of carbonyl (C=O) groups is 1. The van der Waals surface area contributed by atoms with Gasteiger partial charge >= 0.3 is 0 Å². The molecule has 1 atom stereocenters. The fourth-order valence-corrected chi connectivity index (χ4v) is 5.24. The Morgan fingerprint density at radius 1 is 1.24 bits per heavy atom. The number of benzene rings is 1. The van der Waals surface area contributed by atoms with E-state index in [1.807, 2.05) is 24.0 Å². The molecule has 136 valence electrons. The van der Waals surface area contributed by atoms with Crippen LogP contribution in [0.4, 0.5) is 0 Å². The van der Waals surface area contributed by atoms with Gasteiger partial charge in [0.15, 0.2) is 0 Å². The number of carbonyl (C=O) groups excluding carboxylic acids is 1. The second kappa shape index (κ2) is 6.01. The summed E-state index contributed by atoms with van der Waals surface area (Å²) in [5.41, 5.74) is 1.14. The molecule has 1 saturated heterocycles. The van der Waals surface area contributed by atoms with E-state index in [-0.39, 0.29) is 11.8 Å². The number of nitrogens with zero attached hydrogens (tertiary/aromatic N) is 1. The van der Waals surface area contributed by atoms with Crippen LogP contribution in [0, 0.1) is 17.3 Å². The van der Waals surface area contributed by atoms with Crippen LogP contribution in [-0.2, 0) is 11.2 Å². The van der Waals surface area contributed by atoms with Gasteiger partial charge in [0, 0.05) is 24.4 Å². The normalized spacial score (nSPS) is 33.0. The van der Waals surface area contributed by atoms with Crippen LogP contribution in [0.5, 0.6) is 5.75 Å². The van der Waals surface area contributed by atoms with E-state index < -0.39 is 5.60 Å². The Labute approximate surface area is 150 Å². The molecule has 1 amide bonds. The van der Waals surface area contributed by atoms with Gasteiger partial charge in [-0.05, 0) is 69.1 Å². The highest BCUT2D eigenvalue weighted by atomic mass is 16.5. The third-order valence-electron chi connectivity index (χ3n) is 6.57. The van der Waals surface area contributed by atoms with Gasteiger partial charge in [-0.1, -0.05) is 12.1 Å². The Morgan fingerprint density at radius 2 is 1.92 bits per heavy atom. The fourth-order valence-electron chi connectivity index (χ4n) is 5.24. The summed E-state index contributed by atoms with van der Waals surface area (Å²) in [6, 6.07) is 8.42. The monoisotopic (exact) mass is 343 g/mol. The topological polar surface area (TPSA) is 49.8 Å². The lowest BCUT2D eigenvalue weighted by atomic mass is 9.69. The predicted octanol–water partition coefficient (Wildman–Crippen LogP) is 3.03. The molecule has 1 N–H and O–H groups in total. The van der Waals surface area contributed by atoms with Crippen LogP contribution in [0.2, 0.25) is 0 Å². The standard InChI is InChI=1S/C21H29NO3/c1-20(24)11-17(12-20)19(23)22-13-21(14-22)8-7-16(10-21)9-15-3-5-18(25-2)6-4-15/h3-6,16-17,24H,7-14H2,1-2H3/t16?,17-,20+. The van der Waals surface area contributed by atoms with Gasteiger partial charge in [-0.15, -0.1) is 0 Å². The zero-order valence-electron chi connectivity index (χ0n) is 15.3. The molecule has 0 radical (unpaired) electrons. The summed E-state index contributed by atoms with van der Waals surface area (Å²) in [7, 11) is 1.70. The average molecular weight is 343 g/mol. The maximum atomic E-state index is 12.5. The highest BCUT2D eigenvalue weighted by Gasteiger charge is 2.52. The van der Waals surface area contributed by atoms with Crippen molar-refractivity contribution in [1.82, 2.24) is 4.90 Å².